The molecule has 0 aliphatic carbocycles. The first-order valence-corrected chi connectivity index (χ1v) is 6.17. The van der Waals surface area contributed by atoms with Gasteiger partial charge in [0.05, 0.1) is 6.04 Å². The number of furan rings is 1. The highest BCUT2D eigenvalue weighted by Gasteiger charge is 2.19. The molecule has 1 aromatic carbocycles. The van der Waals surface area contributed by atoms with Crippen molar-refractivity contribution < 1.29 is 4.42 Å². The lowest BCUT2D eigenvalue weighted by molar-refractivity contribution is 0.441. The molecule has 1 aromatic heterocycles. The van der Waals surface area contributed by atoms with E-state index in [-0.39, 0.29) is 6.04 Å². The van der Waals surface area contributed by atoms with E-state index < -0.39 is 0 Å². The zero-order chi connectivity index (χ0) is 13.1. The molecule has 0 bridgehead atoms. The molecule has 0 aliphatic rings. The van der Waals surface area contributed by atoms with Crippen molar-refractivity contribution in [2.75, 3.05) is 18.5 Å². The van der Waals surface area contributed by atoms with Crippen LogP contribution in [0, 0.1) is 13.8 Å². The minimum atomic E-state index is 0.0699. The van der Waals surface area contributed by atoms with Crippen molar-refractivity contribution in [2.45, 2.75) is 19.9 Å². The fourth-order valence-corrected chi connectivity index (χ4v) is 2.12. The molecule has 0 radical (unpaired) electrons. The molecule has 2 N–H and O–H groups in total. The van der Waals surface area contributed by atoms with Gasteiger partial charge in [0.2, 0.25) is 0 Å². The van der Waals surface area contributed by atoms with E-state index in [9.17, 15) is 0 Å². The van der Waals surface area contributed by atoms with Gasteiger partial charge in [-0.25, -0.2) is 0 Å². The van der Waals surface area contributed by atoms with Crippen LogP contribution in [0.1, 0.15) is 23.1 Å². The molecule has 3 heteroatoms. The molecule has 18 heavy (non-hydrogen) atoms. The van der Waals surface area contributed by atoms with Gasteiger partial charge in [0.1, 0.15) is 11.5 Å². The third kappa shape index (κ3) is 2.57. The molecule has 1 atom stereocenters. The number of nitrogens with two attached hydrogens (primary N) is 1. The van der Waals surface area contributed by atoms with E-state index in [1.165, 1.54) is 5.56 Å². The van der Waals surface area contributed by atoms with Gasteiger partial charge in [-0.3, -0.25) is 0 Å². The van der Waals surface area contributed by atoms with Crippen LogP contribution in [0.25, 0.3) is 0 Å². The smallest absolute Gasteiger partial charge is 0.127 e. The van der Waals surface area contributed by atoms with Gasteiger partial charge in [0.25, 0.3) is 0 Å². The molecule has 3 nitrogen and oxygen atoms in total. The molecule has 1 heterocycles. The van der Waals surface area contributed by atoms with Crippen LogP contribution in [0.2, 0.25) is 0 Å². The van der Waals surface area contributed by atoms with Gasteiger partial charge in [-0.15, -0.1) is 0 Å². The predicted molar refractivity (Wildman–Crippen MR) is 74.8 cm³/mol. The summed E-state index contributed by atoms with van der Waals surface area (Å²) in [6, 6.07) is 12.4. The molecular weight excluding hydrogens is 224 g/mol. The highest BCUT2D eigenvalue weighted by molar-refractivity contribution is 5.49. The first kappa shape index (κ1) is 12.7. The fourth-order valence-electron chi connectivity index (χ4n) is 2.12. The van der Waals surface area contributed by atoms with Crippen LogP contribution in [-0.2, 0) is 0 Å². The second-order valence-corrected chi connectivity index (χ2v) is 4.65. The minimum absolute atomic E-state index is 0.0699. The zero-order valence-electron chi connectivity index (χ0n) is 11.2. The molecule has 0 aliphatic heterocycles. The highest BCUT2D eigenvalue weighted by Crippen LogP contribution is 2.26. The summed E-state index contributed by atoms with van der Waals surface area (Å²) < 4.78 is 5.69. The van der Waals surface area contributed by atoms with Crippen LogP contribution < -0.4 is 10.6 Å². The van der Waals surface area contributed by atoms with E-state index in [0.29, 0.717) is 6.54 Å². The van der Waals surface area contributed by atoms with Crippen molar-refractivity contribution in [3.8, 4) is 0 Å². The number of anilines is 1. The molecule has 96 valence electrons. The van der Waals surface area contributed by atoms with Crippen molar-refractivity contribution in [1.82, 2.24) is 0 Å². The maximum Gasteiger partial charge on any atom is 0.127 e. The topological polar surface area (TPSA) is 42.4 Å². The summed E-state index contributed by atoms with van der Waals surface area (Å²) in [5.74, 6) is 1.83. The van der Waals surface area contributed by atoms with Crippen molar-refractivity contribution >= 4 is 5.69 Å². The first-order chi connectivity index (χ1) is 8.61. The molecule has 0 spiro atoms. The Kier molecular flexibility index (Phi) is 3.72. The standard InChI is InChI=1S/C15H20N2O/c1-11-5-4-6-13(9-11)17(3)14(10-16)15-8-7-12(2)18-15/h4-9,14H,10,16H2,1-3H3. The number of aryl methyl sites for hydroxylation is 2. The van der Waals surface area contributed by atoms with E-state index in [4.69, 9.17) is 10.2 Å². The van der Waals surface area contributed by atoms with E-state index in [2.05, 4.69) is 36.1 Å². The molecule has 1 unspecified atom stereocenters. The number of nitrogens with zero attached hydrogens (tertiary/aromatic N) is 1. The van der Waals surface area contributed by atoms with E-state index >= 15 is 0 Å². The van der Waals surface area contributed by atoms with E-state index in [1.807, 2.05) is 26.1 Å². The fraction of sp³-hybridized carbons (Fsp3) is 0.333. The third-order valence-corrected chi connectivity index (χ3v) is 3.19. The Labute approximate surface area is 108 Å². The summed E-state index contributed by atoms with van der Waals surface area (Å²) in [6.07, 6.45) is 0. The van der Waals surface area contributed by atoms with Crippen molar-refractivity contribution in [2.24, 2.45) is 5.73 Å². The van der Waals surface area contributed by atoms with Gasteiger partial charge >= 0.3 is 0 Å². The molecular formula is C15H20N2O. The summed E-state index contributed by atoms with van der Waals surface area (Å²) in [6.45, 7) is 4.56. The van der Waals surface area contributed by atoms with Gasteiger partial charge < -0.3 is 15.1 Å². The zero-order valence-corrected chi connectivity index (χ0v) is 11.2. The SMILES string of the molecule is Cc1cccc(N(C)C(CN)c2ccc(C)o2)c1. The summed E-state index contributed by atoms with van der Waals surface area (Å²) in [5, 5.41) is 0. The third-order valence-electron chi connectivity index (χ3n) is 3.19. The molecule has 2 aromatic rings. The van der Waals surface area contributed by atoms with Gasteiger partial charge in [0, 0.05) is 19.3 Å². The van der Waals surface area contributed by atoms with Gasteiger partial charge in [-0.05, 0) is 43.7 Å². The lowest BCUT2D eigenvalue weighted by Crippen LogP contribution is -2.30. The lowest BCUT2D eigenvalue weighted by atomic mass is 10.1. The average Bonchev–Trinajstić information content (AvgIpc) is 2.76. The molecule has 0 saturated carbocycles. The Morgan fingerprint density at radius 2 is 2.00 bits per heavy atom. The Morgan fingerprint density at radius 3 is 2.56 bits per heavy atom. The van der Waals surface area contributed by atoms with E-state index in [1.54, 1.807) is 0 Å². The van der Waals surface area contributed by atoms with Crippen LogP contribution in [0.3, 0.4) is 0 Å². The Bertz CT molecular complexity index is 519. The number of hydrogen-bond acceptors (Lipinski definition) is 3. The first-order valence-electron chi connectivity index (χ1n) is 6.17. The second-order valence-electron chi connectivity index (χ2n) is 4.65. The molecule has 2 rings (SSSR count). The minimum Gasteiger partial charge on any atom is -0.464 e. The van der Waals surface area contributed by atoms with Gasteiger partial charge in [0.15, 0.2) is 0 Å². The molecule has 0 fully saturated rings. The summed E-state index contributed by atoms with van der Waals surface area (Å²) in [5.41, 5.74) is 8.28. The quantitative estimate of drug-likeness (QED) is 0.899. The van der Waals surface area contributed by atoms with Crippen LogP contribution in [-0.4, -0.2) is 13.6 Å². The highest BCUT2D eigenvalue weighted by atomic mass is 16.3. The van der Waals surface area contributed by atoms with E-state index in [0.717, 1.165) is 17.2 Å². The maximum atomic E-state index is 5.89. The average molecular weight is 244 g/mol. The maximum absolute atomic E-state index is 5.89. The largest absolute Gasteiger partial charge is 0.464 e. The molecule has 0 amide bonds. The Balaban J connectivity index is 2.28. The summed E-state index contributed by atoms with van der Waals surface area (Å²) in [7, 11) is 2.05. The predicted octanol–water partition coefficient (Wildman–Crippen LogP) is 3.03. The second kappa shape index (κ2) is 5.27. The monoisotopic (exact) mass is 244 g/mol. The Morgan fingerprint density at radius 1 is 1.22 bits per heavy atom. The van der Waals surface area contributed by atoms with Gasteiger partial charge in [-0.1, -0.05) is 12.1 Å². The number of rotatable bonds is 4. The number of benzene rings is 1. The summed E-state index contributed by atoms with van der Waals surface area (Å²) in [4.78, 5) is 2.16. The number of likely N-dealkylation sites (N-methyl/N-ethyl adjacent to an activating group) is 1. The van der Waals surface area contributed by atoms with Crippen LogP contribution >= 0.6 is 0 Å². The summed E-state index contributed by atoms with van der Waals surface area (Å²) >= 11 is 0. The van der Waals surface area contributed by atoms with Gasteiger partial charge in [-0.2, -0.15) is 0 Å². The van der Waals surface area contributed by atoms with Crippen molar-refractivity contribution in [3.63, 3.8) is 0 Å². The van der Waals surface area contributed by atoms with Crippen LogP contribution in [0.4, 0.5) is 5.69 Å². The normalized spacial score (nSPS) is 12.4. The van der Waals surface area contributed by atoms with Crippen molar-refractivity contribution in [3.05, 3.63) is 53.5 Å². The lowest BCUT2D eigenvalue weighted by Gasteiger charge is -2.27. The van der Waals surface area contributed by atoms with Crippen LogP contribution in [0.15, 0.2) is 40.8 Å². The number of hydrogen-bond donors (Lipinski definition) is 1. The van der Waals surface area contributed by atoms with Crippen molar-refractivity contribution in [1.29, 1.82) is 0 Å². The van der Waals surface area contributed by atoms with Crippen LogP contribution in [0.5, 0.6) is 0 Å². The Hall–Kier alpha value is -1.74. The molecule has 0 saturated heterocycles.